The number of carbonyl (C=O) groups is 1. The fraction of sp³-hybridized carbons (Fsp3) is 0.0500. The van der Waals surface area contributed by atoms with Crippen molar-refractivity contribution in [3.05, 3.63) is 104 Å². The van der Waals surface area contributed by atoms with Crippen LogP contribution in [0.4, 0.5) is 11.4 Å². The van der Waals surface area contributed by atoms with Gasteiger partial charge >= 0.3 is 0 Å². The molecule has 0 atom stereocenters. The maximum absolute atomic E-state index is 12.5. The third-order valence-corrected chi connectivity index (χ3v) is 4.02. The Morgan fingerprint density at radius 1 is 1.14 bits per heavy atom. The number of nitrogens with zero attached hydrogens (tertiary/aromatic N) is 3. The van der Waals surface area contributed by atoms with Gasteiger partial charge in [-0.1, -0.05) is 24.3 Å². The number of nitro groups is 1. The Morgan fingerprint density at radius 2 is 1.93 bits per heavy atom. The lowest BCUT2D eigenvalue weighted by atomic mass is 10.1. The number of carbonyl (C=O) groups excluding carboxylic acids is 1. The quantitative estimate of drug-likeness (QED) is 0.544. The number of hydrogen-bond donors (Lipinski definition) is 1. The van der Waals surface area contributed by atoms with E-state index < -0.39 is 10.8 Å². The van der Waals surface area contributed by atoms with Crippen molar-refractivity contribution >= 4 is 17.3 Å². The van der Waals surface area contributed by atoms with Crippen LogP contribution in [0, 0.1) is 21.4 Å². The predicted molar refractivity (Wildman–Crippen MR) is 102 cm³/mol. The van der Waals surface area contributed by atoms with Gasteiger partial charge in [-0.05, 0) is 23.8 Å². The van der Waals surface area contributed by atoms with Crippen molar-refractivity contribution in [1.29, 1.82) is 5.26 Å². The molecule has 3 aromatic rings. The number of anilines is 1. The van der Waals surface area contributed by atoms with E-state index in [0.29, 0.717) is 16.8 Å². The van der Waals surface area contributed by atoms with E-state index in [9.17, 15) is 19.7 Å². The van der Waals surface area contributed by atoms with Crippen LogP contribution in [0.3, 0.4) is 0 Å². The highest BCUT2D eigenvalue weighted by molar-refractivity contribution is 6.04. The summed E-state index contributed by atoms with van der Waals surface area (Å²) in [6, 6.07) is 17.1. The number of rotatable bonds is 5. The third kappa shape index (κ3) is 4.11. The van der Waals surface area contributed by atoms with E-state index in [0.717, 1.165) is 0 Å². The monoisotopic (exact) mass is 374 g/mol. The second kappa shape index (κ2) is 7.97. The van der Waals surface area contributed by atoms with E-state index in [4.69, 9.17) is 5.26 Å². The van der Waals surface area contributed by atoms with Crippen LogP contribution in [0.1, 0.15) is 21.5 Å². The molecule has 0 bridgehead atoms. The molecule has 0 saturated heterocycles. The number of non-ortho nitro benzene ring substituents is 1. The summed E-state index contributed by atoms with van der Waals surface area (Å²) in [6.45, 7) is 0.0798. The molecule has 1 aromatic heterocycles. The fourth-order valence-electron chi connectivity index (χ4n) is 2.64. The number of pyridine rings is 1. The van der Waals surface area contributed by atoms with E-state index in [2.05, 4.69) is 5.32 Å². The Morgan fingerprint density at radius 3 is 2.68 bits per heavy atom. The molecule has 2 aromatic carbocycles. The molecule has 1 N–H and O–H groups in total. The Balaban J connectivity index is 1.86. The SMILES string of the molecule is N#Cc1ccccc1NC(=O)c1ccc(=O)n(Cc2cccc([N+](=O)[O-])c2)c1. The van der Waals surface area contributed by atoms with Gasteiger partial charge in [-0.3, -0.25) is 19.7 Å². The van der Waals surface area contributed by atoms with Gasteiger partial charge in [0.05, 0.1) is 28.3 Å². The normalized spacial score (nSPS) is 10.1. The van der Waals surface area contributed by atoms with Crippen LogP contribution in [0.15, 0.2) is 71.7 Å². The van der Waals surface area contributed by atoms with E-state index in [1.165, 1.54) is 41.1 Å². The van der Waals surface area contributed by atoms with E-state index in [-0.39, 0.29) is 23.4 Å². The minimum atomic E-state index is -0.511. The van der Waals surface area contributed by atoms with Crippen LogP contribution < -0.4 is 10.9 Å². The first-order chi connectivity index (χ1) is 13.5. The summed E-state index contributed by atoms with van der Waals surface area (Å²) in [5, 5.41) is 22.7. The number of para-hydroxylation sites is 1. The topological polar surface area (TPSA) is 118 Å². The lowest BCUT2D eigenvalue weighted by molar-refractivity contribution is -0.384. The molecule has 138 valence electrons. The van der Waals surface area contributed by atoms with Crippen LogP contribution >= 0.6 is 0 Å². The molecule has 28 heavy (non-hydrogen) atoms. The molecule has 8 heteroatoms. The molecular weight excluding hydrogens is 360 g/mol. The summed E-state index contributed by atoms with van der Waals surface area (Å²) in [4.78, 5) is 35.0. The number of aromatic nitrogens is 1. The van der Waals surface area contributed by atoms with Gasteiger partial charge in [0.25, 0.3) is 17.2 Å². The first-order valence-electron chi connectivity index (χ1n) is 8.22. The van der Waals surface area contributed by atoms with Gasteiger partial charge in [0.2, 0.25) is 0 Å². The molecular formula is C20H14N4O4. The molecule has 0 saturated carbocycles. The van der Waals surface area contributed by atoms with Gasteiger partial charge in [0.1, 0.15) is 6.07 Å². The number of nitro benzene ring substituents is 1. The highest BCUT2D eigenvalue weighted by Crippen LogP contribution is 2.16. The molecule has 0 unspecified atom stereocenters. The lowest BCUT2D eigenvalue weighted by Crippen LogP contribution is -2.22. The van der Waals surface area contributed by atoms with Crippen molar-refractivity contribution in [1.82, 2.24) is 4.57 Å². The average Bonchev–Trinajstić information content (AvgIpc) is 2.70. The summed E-state index contributed by atoms with van der Waals surface area (Å²) >= 11 is 0. The van der Waals surface area contributed by atoms with E-state index in [1.807, 2.05) is 6.07 Å². The second-order valence-corrected chi connectivity index (χ2v) is 5.92. The maximum atomic E-state index is 12.5. The first-order valence-corrected chi connectivity index (χ1v) is 8.22. The molecule has 8 nitrogen and oxygen atoms in total. The van der Waals surface area contributed by atoms with Crippen LogP contribution in [0.2, 0.25) is 0 Å². The molecule has 3 rings (SSSR count). The highest BCUT2D eigenvalue weighted by atomic mass is 16.6. The minimum absolute atomic E-state index is 0.0763. The van der Waals surface area contributed by atoms with Gasteiger partial charge < -0.3 is 9.88 Å². The molecule has 0 radical (unpaired) electrons. The third-order valence-electron chi connectivity index (χ3n) is 4.02. The number of hydrogen-bond acceptors (Lipinski definition) is 5. The summed E-state index contributed by atoms with van der Waals surface area (Å²) in [7, 11) is 0. The van der Waals surface area contributed by atoms with Crippen molar-refractivity contribution in [2.45, 2.75) is 6.54 Å². The Kier molecular flexibility index (Phi) is 5.28. The average molecular weight is 374 g/mol. The number of nitriles is 1. The fourth-order valence-corrected chi connectivity index (χ4v) is 2.64. The Labute approximate surface area is 159 Å². The standard InChI is InChI=1S/C20H14N4O4/c21-11-15-5-1-2-7-18(15)22-20(26)16-8-9-19(25)23(13-16)12-14-4-3-6-17(10-14)24(27)28/h1-10,13H,12H2,(H,22,26). The summed E-state index contributed by atoms with van der Waals surface area (Å²) < 4.78 is 1.30. The van der Waals surface area contributed by atoms with Crippen LogP contribution in [-0.2, 0) is 6.54 Å². The van der Waals surface area contributed by atoms with Crippen molar-refractivity contribution in [3.8, 4) is 6.07 Å². The zero-order chi connectivity index (χ0) is 20.1. The Hall–Kier alpha value is -4.25. The van der Waals surface area contributed by atoms with Gasteiger partial charge in [0.15, 0.2) is 0 Å². The summed E-state index contributed by atoms with van der Waals surface area (Å²) in [6.07, 6.45) is 1.38. The van der Waals surface area contributed by atoms with Gasteiger partial charge in [-0.2, -0.15) is 5.26 Å². The van der Waals surface area contributed by atoms with Crippen LogP contribution in [-0.4, -0.2) is 15.4 Å². The zero-order valence-corrected chi connectivity index (χ0v) is 14.5. The zero-order valence-electron chi connectivity index (χ0n) is 14.5. The lowest BCUT2D eigenvalue weighted by Gasteiger charge is -2.10. The minimum Gasteiger partial charge on any atom is -0.321 e. The number of benzene rings is 2. The van der Waals surface area contributed by atoms with Gasteiger partial charge in [-0.15, -0.1) is 0 Å². The van der Waals surface area contributed by atoms with Crippen molar-refractivity contribution in [3.63, 3.8) is 0 Å². The molecule has 0 aliphatic rings. The van der Waals surface area contributed by atoms with Crippen LogP contribution in [0.5, 0.6) is 0 Å². The Bertz CT molecular complexity index is 1160. The molecule has 0 aliphatic carbocycles. The first kappa shape index (κ1) is 18.5. The molecule has 0 aliphatic heterocycles. The largest absolute Gasteiger partial charge is 0.321 e. The summed E-state index contributed by atoms with van der Waals surface area (Å²) in [5.74, 6) is -0.476. The van der Waals surface area contributed by atoms with Crippen LogP contribution in [0.25, 0.3) is 0 Å². The molecule has 1 amide bonds. The molecule has 0 fully saturated rings. The van der Waals surface area contributed by atoms with Crippen molar-refractivity contribution in [2.24, 2.45) is 0 Å². The van der Waals surface area contributed by atoms with Gasteiger partial charge in [-0.25, -0.2) is 0 Å². The number of nitrogens with one attached hydrogen (secondary N) is 1. The van der Waals surface area contributed by atoms with E-state index in [1.54, 1.807) is 30.3 Å². The second-order valence-electron chi connectivity index (χ2n) is 5.92. The summed E-state index contributed by atoms with van der Waals surface area (Å²) in [5.41, 5.74) is 1.04. The smallest absolute Gasteiger partial charge is 0.269 e. The molecule has 0 spiro atoms. The maximum Gasteiger partial charge on any atom is 0.269 e. The van der Waals surface area contributed by atoms with E-state index >= 15 is 0 Å². The number of amides is 1. The van der Waals surface area contributed by atoms with Crippen molar-refractivity contribution in [2.75, 3.05) is 5.32 Å². The van der Waals surface area contributed by atoms with Gasteiger partial charge in [0, 0.05) is 24.4 Å². The molecule has 1 heterocycles. The van der Waals surface area contributed by atoms with Crippen molar-refractivity contribution < 1.29 is 9.72 Å². The highest BCUT2D eigenvalue weighted by Gasteiger charge is 2.12. The predicted octanol–water partition coefficient (Wildman–Crippen LogP) is 2.93.